The van der Waals surface area contributed by atoms with Gasteiger partial charge in [0.15, 0.2) is 16.6 Å². The van der Waals surface area contributed by atoms with E-state index in [0.29, 0.717) is 0 Å². The number of hydrogen-bond donors (Lipinski definition) is 0. The van der Waals surface area contributed by atoms with E-state index in [0.717, 1.165) is 0 Å². The molecule has 0 aliphatic heterocycles. The summed E-state index contributed by atoms with van der Waals surface area (Å²) < 4.78 is 5.90. The van der Waals surface area contributed by atoms with Crippen molar-refractivity contribution < 1.29 is 4.12 Å². The molecule has 0 aliphatic carbocycles. The fourth-order valence-corrected chi connectivity index (χ4v) is 8.27. The zero-order valence-electron chi connectivity index (χ0n) is 11.7. The molecule has 0 spiro atoms. The van der Waals surface area contributed by atoms with Gasteiger partial charge in [0.05, 0.1) is 0 Å². The lowest BCUT2D eigenvalue weighted by molar-refractivity contribution is 0.559. The van der Waals surface area contributed by atoms with Crippen LogP contribution in [-0.4, -0.2) is 24.0 Å². The van der Waals surface area contributed by atoms with E-state index in [4.69, 9.17) is 15.2 Å². The summed E-state index contributed by atoms with van der Waals surface area (Å²) in [6, 6.07) is 0. The van der Waals surface area contributed by atoms with E-state index < -0.39 is 24.0 Å². The summed E-state index contributed by atoms with van der Waals surface area (Å²) in [5.74, 6) is 0. The van der Waals surface area contributed by atoms with Crippen molar-refractivity contribution in [1.29, 1.82) is 0 Å². The van der Waals surface area contributed by atoms with E-state index in [9.17, 15) is 0 Å². The zero-order valence-corrected chi connectivity index (χ0v) is 16.3. The molecule has 0 amide bonds. The molecule has 1 nitrogen and oxygen atoms in total. The van der Waals surface area contributed by atoms with Crippen LogP contribution in [0.25, 0.3) is 0 Å². The molecule has 0 atom stereocenters. The summed E-state index contributed by atoms with van der Waals surface area (Å²) in [4.78, 5) is 0. The maximum absolute atomic E-state index is 5.90. The molecule has 96 valence electrons. The fourth-order valence-electron chi connectivity index (χ4n) is 0.919. The van der Waals surface area contributed by atoms with Crippen LogP contribution in [0, 0.1) is 0 Å². The van der Waals surface area contributed by atoms with Gasteiger partial charge in [-0.05, 0) is 39.3 Å². The highest BCUT2D eigenvalue weighted by Crippen LogP contribution is 2.12. The summed E-state index contributed by atoms with van der Waals surface area (Å²) in [5.41, 5.74) is 0. The van der Waals surface area contributed by atoms with Crippen LogP contribution < -0.4 is 0 Å². The highest BCUT2D eigenvalue weighted by molar-refractivity contribution is 7.18. The first-order valence-corrected chi connectivity index (χ1v) is 16.4. The molecule has 0 heterocycles. The molecule has 0 saturated carbocycles. The van der Waals surface area contributed by atoms with Crippen molar-refractivity contribution in [2.75, 3.05) is 0 Å². The summed E-state index contributed by atoms with van der Waals surface area (Å²) in [6.45, 7) is 19.7. The standard InChI is InChI=1S/C6H18OSi2.C3H9ClSi.ClH/c1-8(2,3)7-9(4,5)6;1-5(2,3)4;/h1-6H3;1-3H3;1H. The van der Waals surface area contributed by atoms with Crippen LogP contribution in [0.4, 0.5) is 0 Å². The third kappa shape index (κ3) is 51.1. The minimum Gasteiger partial charge on any atom is -0.456 e. The minimum atomic E-state index is -1.23. The first-order chi connectivity index (χ1) is 5.71. The van der Waals surface area contributed by atoms with E-state index in [2.05, 4.69) is 58.9 Å². The lowest BCUT2D eigenvalue weighted by Gasteiger charge is -2.27. The van der Waals surface area contributed by atoms with Crippen molar-refractivity contribution in [2.24, 2.45) is 0 Å². The van der Waals surface area contributed by atoms with E-state index >= 15 is 0 Å². The van der Waals surface area contributed by atoms with Gasteiger partial charge >= 0.3 is 0 Å². The third-order valence-corrected chi connectivity index (χ3v) is 5.51. The highest BCUT2D eigenvalue weighted by atomic mass is 35.6. The molecular formula is C9H28Cl2OSi3. The van der Waals surface area contributed by atoms with Gasteiger partial charge in [0, 0.05) is 0 Å². The van der Waals surface area contributed by atoms with Crippen LogP contribution in [0.5, 0.6) is 0 Å². The van der Waals surface area contributed by atoms with Gasteiger partial charge in [-0.25, -0.2) is 0 Å². The second-order valence-corrected chi connectivity index (χ2v) is 23.2. The topological polar surface area (TPSA) is 9.23 Å². The van der Waals surface area contributed by atoms with Gasteiger partial charge in [-0.2, -0.15) is 11.1 Å². The Balaban J connectivity index is -0.000000208. The third-order valence-electron chi connectivity index (χ3n) is 0.612. The molecule has 15 heavy (non-hydrogen) atoms. The van der Waals surface area contributed by atoms with E-state index in [1.54, 1.807) is 0 Å². The summed E-state index contributed by atoms with van der Waals surface area (Å²) in [5, 5.41) is 0. The van der Waals surface area contributed by atoms with Crippen LogP contribution in [0.15, 0.2) is 0 Å². The van der Waals surface area contributed by atoms with Gasteiger partial charge in [-0.3, -0.25) is 0 Å². The van der Waals surface area contributed by atoms with Gasteiger partial charge in [0.2, 0.25) is 0 Å². The Kier molecular flexibility index (Phi) is 10.7. The lowest BCUT2D eigenvalue weighted by atomic mass is 11.8. The molecule has 0 unspecified atom stereocenters. The SMILES string of the molecule is C[Si](C)(C)Cl.C[Si](C)(C)O[Si](C)(C)C.Cl. The predicted molar refractivity (Wildman–Crippen MR) is 84.2 cm³/mol. The molecule has 0 saturated heterocycles. The first kappa shape index (κ1) is 21.5. The maximum atomic E-state index is 5.90. The Morgan fingerprint density at radius 3 is 0.800 bits per heavy atom. The van der Waals surface area contributed by atoms with Crippen molar-refractivity contribution in [1.82, 2.24) is 0 Å². The van der Waals surface area contributed by atoms with E-state index in [1.165, 1.54) is 0 Å². The molecule has 6 heteroatoms. The van der Waals surface area contributed by atoms with Crippen LogP contribution in [0.1, 0.15) is 0 Å². The molecule has 0 N–H and O–H groups in total. The maximum Gasteiger partial charge on any atom is 0.170 e. The van der Waals surface area contributed by atoms with E-state index in [-0.39, 0.29) is 12.4 Å². The Bertz CT molecular complexity index is 138. The summed E-state index contributed by atoms with van der Waals surface area (Å²) >= 11 is 5.67. The Morgan fingerprint density at radius 1 is 0.667 bits per heavy atom. The highest BCUT2D eigenvalue weighted by Gasteiger charge is 2.24. The molecule has 0 fully saturated rings. The number of halogens is 2. The van der Waals surface area contributed by atoms with Crippen molar-refractivity contribution in [3.63, 3.8) is 0 Å². The van der Waals surface area contributed by atoms with Gasteiger partial charge in [-0.1, -0.05) is 19.6 Å². The Labute approximate surface area is 110 Å². The average Bonchev–Trinajstić information content (AvgIpc) is 1.42. The van der Waals surface area contributed by atoms with Gasteiger partial charge in [0.1, 0.15) is 7.38 Å². The van der Waals surface area contributed by atoms with Crippen molar-refractivity contribution in [3.05, 3.63) is 0 Å². The molecule has 0 rings (SSSR count). The molecule has 0 radical (unpaired) electrons. The number of hydrogen-bond acceptors (Lipinski definition) is 1. The molecular weight excluding hydrogens is 279 g/mol. The molecule has 0 aromatic carbocycles. The molecule has 0 aliphatic rings. The average molecular weight is 307 g/mol. The zero-order chi connectivity index (χ0) is 12.2. The van der Waals surface area contributed by atoms with Crippen LogP contribution in [-0.2, 0) is 4.12 Å². The predicted octanol–water partition coefficient (Wildman–Crippen LogP) is 5.15. The quantitative estimate of drug-likeness (QED) is 0.506. The second-order valence-electron chi connectivity index (χ2n) is 6.39. The summed E-state index contributed by atoms with van der Waals surface area (Å²) in [7, 11) is -3.60. The van der Waals surface area contributed by atoms with Crippen molar-refractivity contribution in [2.45, 2.75) is 58.9 Å². The summed E-state index contributed by atoms with van der Waals surface area (Å²) in [6.07, 6.45) is 0. The van der Waals surface area contributed by atoms with Gasteiger partial charge in [0.25, 0.3) is 0 Å². The smallest absolute Gasteiger partial charge is 0.170 e. The Morgan fingerprint density at radius 2 is 0.800 bits per heavy atom. The second kappa shape index (κ2) is 7.50. The number of rotatable bonds is 2. The minimum absolute atomic E-state index is 0. The van der Waals surface area contributed by atoms with Gasteiger partial charge in [-0.15, -0.1) is 12.4 Å². The molecule has 0 aromatic rings. The van der Waals surface area contributed by atoms with Crippen LogP contribution in [0.3, 0.4) is 0 Å². The normalized spacial score (nSPS) is 12.4. The largest absolute Gasteiger partial charge is 0.456 e. The monoisotopic (exact) mass is 306 g/mol. The van der Waals surface area contributed by atoms with Crippen LogP contribution >= 0.6 is 23.5 Å². The van der Waals surface area contributed by atoms with Crippen LogP contribution in [0.2, 0.25) is 58.9 Å². The molecule has 0 aromatic heterocycles. The van der Waals surface area contributed by atoms with E-state index in [1.807, 2.05) is 0 Å². The lowest BCUT2D eigenvalue weighted by Crippen LogP contribution is -2.39. The fraction of sp³-hybridized carbons (Fsp3) is 1.00. The van der Waals surface area contributed by atoms with Crippen molar-refractivity contribution >= 4 is 47.5 Å². The van der Waals surface area contributed by atoms with Crippen molar-refractivity contribution in [3.8, 4) is 0 Å². The Hall–Kier alpha value is 1.19. The first-order valence-electron chi connectivity index (χ1n) is 5.10. The van der Waals surface area contributed by atoms with Gasteiger partial charge < -0.3 is 4.12 Å². The molecule has 0 bridgehead atoms.